The van der Waals surface area contributed by atoms with Gasteiger partial charge in [-0.05, 0) is 51.8 Å². The van der Waals surface area contributed by atoms with Crippen molar-refractivity contribution in [2.75, 3.05) is 0 Å². The van der Waals surface area contributed by atoms with Crippen LogP contribution in [0.4, 0.5) is 0 Å². The van der Waals surface area contributed by atoms with Crippen LogP contribution in [0.3, 0.4) is 0 Å². The Morgan fingerprint density at radius 2 is 1.13 bits per heavy atom. The Hall–Kier alpha value is -1.96. The van der Waals surface area contributed by atoms with Gasteiger partial charge in [-0.3, -0.25) is 0 Å². The largest absolute Gasteiger partial charge is 0.452 e. The lowest BCUT2D eigenvalue weighted by Crippen LogP contribution is -2.51. The number of ether oxygens (including phenoxy) is 2. The lowest BCUT2D eigenvalue weighted by Gasteiger charge is -2.47. The molecule has 170 valence electrons. The van der Waals surface area contributed by atoms with E-state index in [0.29, 0.717) is 5.92 Å². The highest BCUT2D eigenvalue weighted by Crippen LogP contribution is 2.48. The van der Waals surface area contributed by atoms with Gasteiger partial charge in [0, 0.05) is 12.8 Å². The molecule has 2 aromatic carbocycles. The van der Waals surface area contributed by atoms with E-state index < -0.39 is 5.79 Å². The molecule has 1 aliphatic rings. The van der Waals surface area contributed by atoms with Gasteiger partial charge in [0.2, 0.25) is 0 Å². The Morgan fingerprint density at radius 3 is 1.52 bits per heavy atom. The molecule has 0 bridgehead atoms. The van der Waals surface area contributed by atoms with Crippen molar-refractivity contribution < 1.29 is 9.47 Å². The van der Waals surface area contributed by atoms with E-state index in [-0.39, 0.29) is 16.2 Å². The van der Waals surface area contributed by atoms with Gasteiger partial charge in [-0.1, -0.05) is 98.7 Å². The summed E-state index contributed by atoms with van der Waals surface area (Å²) in [5, 5.41) is 0. The van der Waals surface area contributed by atoms with Crippen LogP contribution in [0.5, 0.6) is 11.5 Å². The molecule has 2 heteroatoms. The molecule has 31 heavy (non-hydrogen) atoms. The lowest BCUT2D eigenvalue weighted by molar-refractivity contribution is -0.174. The molecule has 0 aliphatic heterocycles. The van der Waals surface area contributed by atoms with E-state index in [9.17, 15) is 0 Å². The molecule has 0 spiro atoms. The van der Waals surface area contributed by atoms with E-state index in [1.54, 1.807) is 0 Å². The fourth-order valence-electron chi connectivity index (χ4n) is 5.35. The van der Waals surface area contributed by atoms with E-state index in [0.717, 1.165) is 24.3 Å². The van der Waals surface area contributed by atoms with Crippen molar-refractivity contribution in [2.24, 2.45) is 11.3 Å². The van der Waals surface area contributed by atoms with Gasteiger partial charge >= 0.3 is 0 Å². The smallest absolute Gasteiger partial charge is 0.252 e. The second kappa shape index (κ2) is 8.19. The molecule has 1 aliphatic carbocycles. The zero-order valence-corrected chi connectivity index (χ0v) is 21.1. The van der Waals surface area contributed by atoms with E-state index in [2.05, 4.69) is 111 Å². The molecule has 0 saturated heterocycles. The third-order valence-electron chi connectivity index (χ3n) is 6.29. The highest BCUT2D eigenvalue weighted by atomic mass is 16.7. The Labute approximate surface area is 190 Å². The highest BCUT2D eigenvalue weighted by molar-refractivity contribution is 5.41. The van der Waals surface area contributed by atoms with E-state index >= 15 is 0 Å². The molecule has 0 heterocycles. The predicted molar refractivity (Wildman–Crippen MR) is 131 cm³/mol. The molecule has 3 rings (SSSR count). The first kappa shape index (κ1) is 23.7. The summed E-state index contributed by atoms with van der Waals surface area (Å²) in [6.07, 6.45) is 2.93. The van der Waals surface area contributed by atoms with Crippen LogP contribution in [0.25, 0.3) is 0 Å². The van der Waals surface area contributed by atoms with Gasteiger partial charge in [0.05, 0.1) is 0 Å². The lowest BCUT2D eigenvalue weighted by atomic mass is 9.69. The number of benzene rings is 2. The average molecular weight is 423 g/mol. The SMILES string of the molecule is CC1CC(C)(C)CC(Oc2ccccc2C(C)(C)C)(Oc2ccccc2C(C)(C)C)C1. The maximum absolute atomic E-state index is 6.96. The normalized spacial score (nSPS) is 20.9. The van der Waals surface area contributed by atoms with Crippen molar-refractivity contribution in [1.29, 1.82) is 0 Å². The molecule has 2 nitrogen and oxygen atoms in total. The predicted octanol–water partition coefficient (Wildman–Crippen LogP) is 8.28. The minimum Gasteiger partial charge on any atom is -0.452 e. The van der Waals surface area contributed by atoms with Gasteiger partial charge in [0.15, 0.2) is 0 Å². The minimum absolute atomic E-state index is 0.00307. The van der Waals surface area contributed by atoms with Crippen molar-refractivity contribution >= 4 is 0 Å². The van der Waals surface area contributed by atoms with Crippen LogP contribution in [-0.2, 0) is 10.8 Å². The summed E-state index contributed by atoms with van der Waals surface area (Å²) in [5.74, 6) is 1.71. The molecule has 1 saturated carbocycles. The summed E-state index contributed by atoms with van der Waals surface area (Å²) in [6.45, 7) is 20.5. The summed E-state index contributed by atoms with van der Waals surface area (Å²) in [7, 11) is 0. The average Bonchev–Trinajstić information content (AvgIpc) is 2.58. The van der Waals surface area contributed by atoms with Crippen molar-refractivity contribution in [3.05, 3.63) is 59.7 Å². The van der Waals surface area contributed by atoms with Crippen molar-refractivity contribution in [2.45, 2.75) is 98.2 Å². The fraction of sp³-hybridized carbons (Fsp3) is 0.586. The zero-order valence-electron chi connectivity index (χ0n) is 21.1. The summed E-state index contributed by atoms with van der Waals surface area (Å²) in [6, 6.07) is 16.9. The summed E-state index contributed by atoms with van der Waals surface area (Å²) in [5.41, 5.74) is 2.58. The van der Waals surface area contributed by atoms with Gasteiger partial charge in [-0.15, -0.1) is 0 Å². The third kappa shape index (κ3) is 5.64. The quantitative estimate of drug-likeness (QED) is 0.461. The standard InChI is InChI=1S/C29H42O2/c1-21-18-28(8,9)20-29(19-21,30-24-16-12-10-14-22(24)26(2,3)4)31-25-17-13-11-15-23(25)27(5,6)7/h10-17,21H,18-20H2,1-9H3. The second-order valence-corrected chi connectivity index (χ2v) is 12.5. The van der Waals surface area contributed by atoms with Crippen LogP contribution in [0.2, 0.25) is 0 Å². The molecule has 1 atom stereocenters. The summed E-state index contributed by atoms with van der Waals surface area (Å²) in [4.78, 5) is 0. The van der Waals surface area contributed by atoms with Gasteiger partial charge < -0.3 is 9.47 Å². The molecule has 0 amide bonds. The van der Waals surface area contributed by atoms with Crippen LogP contribution in [-0.4, -0.2) is 5.79 Å². The molecule has 1 unspecified atom stereocenters. The Bertz CT molecular complexity index is 836. The number of hydrogen-bond donors (Lipinski definition) is 0. The first-order valence-corrected chi connectivity index (χ1v) is 11.8. The van der Waals surface area contributed by atoms with Crippen LogP contribution in [0.1, 0.15) is 92.7 Å². The molecule has 0 N–H and O–H groups in total. The minimum atomic E-state index is -0.691. The maximum Gasteiger partial charge on any atom is 0.252 e. The van der Waals surface area contributed by atoms with Crippen molar-refractivity contribution in [3.63, 3.8) is 0 Å². The zero-order chi connectivity index (χ0) is 23.1. The molecule has 0 aromatic heterocycles. The fourth-order valence-corrected chi connectivity index (χ4v) is 5.35. The topological polar surface area (TPSA) is 18.5 Å². The summed E-state index contributed by atoms with van der Waals surface area (Å²) < 4.78 is 13.9. The molecular formula is C29H42O2. The maximum atomic E-state index is 6.96. The van der Waals surface area contributed by atoms with Crippen LogP contribution in [0, 0.1) is 11.3 Å². The number of rotatable bonds is 4. The van der Waals surface area contributed by atoms with Gasteiger partial charge in [-0.2, -0.15) is 0 Å². The Morgan fingerprint density at radius 1 is 0.710 bits per heavy atom. The first-order chi connectivity index (χ1) is 14.2. The second-order valence-electron chi connectivity index (χ2n) is 12.5. The van der Waals surface area contributed by atoms with Crippen LogP contribution in [0.15, 0.2) is 48.5 Å². The van der Waals surface area contributed by atoms with E-state index in [4.69, 9.17) is 9.47 Å². The number of para-hydroxylation sites is 2. The Balaban J connectivity index is 2.09. The van der Waals surface area contributed by atoms with Crippen molar-refractivity contribution in [3.8, 4) is 11.5 Å². The third-order valence-corrected chi connectivity index (χ3v) is 6.29. The molecular weight excluding hydrogens is 380 g/mol. The highest BCUT2D eigenvalue weighted by Gasteiger charge is 2.48. The van der Waals surface area contributed by atoms with Crippen molar-refractivity contribution in [1.82, 2.24) is 0 Å². The molecule has 1 fully saturated rings. The van der Waals surface area contributed by atoms with E-state index in [1.807, 2.05) is 0 Å². The summed E-state index contributed by atoms with van der Waals surface area (Å²) >= 11 is 0. The van der Waals surface area contributed by atoms with E-state index in [1.165, 1.54) is 17.5 Å². The van der Waals surface area contributed by atoms with Gasteiger partial charge in [0.1, 0.15) is 11.5 Å². The number of hydrogen-bond acceptors (Lipinski definition) is 2. The first-order valence-electron chi connectivity index (χ1n) is 11.8. The van der Waals surface area contributed by atoms with Crippen LogP contribution < -0.4 is 9.47 Å². The molecule has 2 aromatic rings. The van der Waals surface area contributed by atoms with Crippen LogP contribution >= 0.6 is 0 Å². The molecule has 0 radical (unpaired) electrons. The van der Waals surface area contributed by atoms with Gasteiger partial charge in [0.25, 0.3) is 5.79 Å². The Kier molecular flexibility index (Phi) is 6.26. The van der Waals surface area contributed by atoms with Gasteiger partial charge in [-0.25, -0.2) is 0 Å². The monoisotopic (exact) mass is 422 g/mol.